The van der Waals surface area contributed by atoms with Gasteiger partial charge in [0, 0.05) is 12.3 Å². The van der Waals surface area contributed by atoms with E-state index >= 15 is 0 Å². The van der Waals surface area contributed by atoms with Gasteiger partial charge in [0.1, 0.15) is 11.5 Å². The van der Waals surface area contributed by atoms with Crippen LogP contribution in [0.5, 0.6) is 0 Å². The van der Waals surface area contributed by atoms with E-state index in [1.165, 1.54) is 5.56 Å². The number of carboxylic acid groups (broad SMARTS) is 1. The van der Waals surface area contributed by atoms with E-state index in [1.807, 2.05) is 6.92 Å². The van der Waals surface area contributed by atoms with Gasteiger partial charge < -0.3 is 9.52 Å². The molecule has 2 rings (SSSR count). The zero-order valence-corrected chi connectivity index (χ0v) is 9.12. The molecule has 3 nitrogen and oxygen atoms in total. The number of hydrogen-bond donors (Lipinski definition) is 1. The van der Waals surface area contributed by atoms with E-state index in [0.29, 0.717) is 5.92 Å². The lowest BCUT2D eigenvalue weighted by atomic mass is 9.94. The van der Waals surface area contributed by atoms with Crippen molar-refractivity contribution in [2.75, 3.05) is 0 Å². The Morgan fingerprint density at radius 2 is 2.40 bits per heavy atom. The molecule has 1 heterocycles. The third kappa shape index (κ3) is 1.78. The minimum atomic E-state index is -0.742. The van der Waals surface area contributed by atoms with Crippen molar-refractivity contribution in [3.05, 3.63) is 23.2 Å². The van der Waals surface area contributed by atoms with Gasteiger partial charge in [0.15, 0.2) is 0 Å². The number of aliphatic carboxylic acids is 1. The summed E-state index contributed by atoms with van der Waals surface area (Å²) in [5, 5.41) is 8.84. The summed E-state index contributed by atoms with van der Waals surface area (Å²) in [4.78, 5) is 10.7. The van der Waals surface area contributed by atoms with Gasteiger partial charge in [-0.15, -0.1) is 0 Å². The highest BCUT2D eigenvalue weighted by Crippen LogP contribution is 2.41. The number of hydrogen-bond acceptors (Lipinski definition) is 2. The normalized spacial score (nSPS) is 24.1. The molecule has 1 N–H and O–H groups in total. The first-order valence-electron chi connectivity index (χ1n) is 5.45. The fourth-order valence-corrected chi connectivity index (χ4v) is 2.38. The quantitative estimate of drug-likeness (QED) is 0.830. The second-order valence-electron chi connectivity index (χ2n) is 4.34. The Hall–Kier alpha value is -1.25. The van der Waals surface area contributed by atoms with E-state index in [0.717, 1.165) is 24.4 Å². The van der Waals surface area contributed by atoms with Crippen molar-refractivity contribution in [3.63, 3.8) is 0 Å². The van der Waals surface area contributed by atoms with Crippen molar-refractivity contribution in [1.82, 2.24) is 0 Å². The van der Waals surface area contributed by atoms with Crippen LogP contribution in [0.25, 0.3) is 0 Å². The molecule has 0 amide bonds. The number of carbonyl (C=O) groups is 1. The highest BCUT2D eigenvalue weighted by Gasteiger charge is 2.34. The molecule has 3 heteroatoms. The van der Waals surface area contributed by atoms with Crippen LogP contribution in [0.4, 0.5) is 0 Å². The van der Waals surface area contributed by atoms with E-state index in [-0.39, 0.29) is 12.3 Å². The van der Waals surface area contributed by atoms with Crippen molar-refractivity contribution in [3.8, 4) is 0 Å². The number of aryl methyl sites for hydroxylation is 1. The molecule has 1 aromatic heterocycles. The molecule has 0 saturated heterocycles. The van der Waals surface area contributed by atoms with Gasteiger partial charge in [-0.1, -0.05) is 13.8 Å². The first kappa shape index (κ1) is 10.3. The lowest BCUT2D eigenvalue weighted by Gasteiger charge is -2.12. The molecule has 15 heavy (non-hydrogen) atoms. The highest BCUT2D eigenvalue weighted by molar-refractivity contribution is 5.68. The fraction of sp³-hybridized carbons (Fsp3) is 0.583. The summed E-state index contributed by atoms with van der Waals surface area (Å²) in [7, 11) is 0. The molecule has 2 atom stereocenters. The minimum absolute atomic E-state index is 0.0674. The van der Waals surface area contributed by atoms with Gasteiger partial charge in [-0.25, -0.2) is 0 Å². The molecule has 0 spiro atoms. The van der Waals surface area contributed by atoms with Gasteiger partial charge in [0.25, 0.3) is 0 Å². The molecule has 2 unspecified atom stereocenters. The van der Waals surface area contributed by atoms with Crippen LogP contribution in [0.15, 0.2) is 10.5 Å². The SMILES string of the molecule is CCc1cc2c(o1)C(CC(=O)O)C(C)C2. The van der Waals surface area contributed by atoms with Crippen molar-refractivity contribution < 1.29 is 14.3 Å². The van der Waals surface area contributed by atoms with E-state index in [4.69, 9.17) is 9.52 Å². The molecule has 1 aromatic rings. The van der Waals surface area contributed by atoms with Crippen LogP contribution in [0, 0.1) is 5.92 Å². The second-order valence-corrected chi connectivity index (χ2v) is 4.34. The molecule has 0 bridgehead atoms. The Labute approximate surface area is 89.1 Å². The lowest BCUT2D eigenvalue weighted by Crippen LogP contribution is -2.09. The maximum absolute atomic E-state index is 10.7. The molecule has 0 fully saturated rings. The van der Waals surface area contributed by atoms with E-state index in [1.54, 1.807) is 0 Å². The molecule has 1 aliphatic carbocycles. The summed E-state index contributed by atoms with van der Waals surface area (Å²) < 4.78 is 5.70. The Morgan fingerprint density at radius 3 is 3.00 bits per heavy atom. The van der Waals surface area contributed by atoms with E-state index in [2.05, 4.69) is 13.0 Å². The Kier molecular flexibility index (Phi) is 2.55. The van der Waals surface area contributed by atoms with Crippen LogP contribution < -0.4 is 0 Å². The zero-order valence-electron chi connectivity index (χ0n) is 9.12. The molecule has 1 aliphatic rings. The first-order valence-corrected chi connectivity index (χ1v) is 5.45. The van der Waals surface area contributed by atoms with Crippen molar-refractivity contribution in [2.45, 2.75) is 39.0 Å². The summed E-state index contributed by atoms with van der Waals surface area (Å²) in [5.74, 6) is 1.61. The molecule has 0 saturated carbocycles. The maximum Gasteiger partial charge on any atom is 0.304 e. The van der Waals surface area contributed by atoms with E-state index < -0.39 is 5.97 Å². The van der Waals surface area contributed by atoms with Crippen molar-refractivity contribution in [1.29, 1.82) is 0 Å². The topological polar surface area (TPSA) is 50.4 Å². The van der Waals surface area contributed by atoms with Crippen LogP contribution in [0.3, 0.4) is 0 Å². The van der Waals surface area contributed by atoms with Crippen LogP contribution >= 0.6 is 0 Å². The predicted octanol–water partition coefficient (Wildman–Crippen LogP) is 2.59. The summed E-state index contributed by atoms with van der Waals surface area (Å²) in [6.07, 6.45) is 2.02. The maximum atomic E-state index is 10.7. The third-order valence-corrected chi connectivity index (χ3v) is 3.20. The average Bonchev–Trinajstić information content (AvgIpc) is 2.66. The molecule has 82 valence electrons. The monoisotopic (exact) mass is 208 g/mol. The molecule has 0 aromatic carbocycles. The molecule has 0 aliphatic heterocycles. The van der Waals surface area contributed by atoms with Crippen molar-refractivity contribution >= 4 is 5.97 Å². The van der Waals surface area contributed by atoms with Crippen LogP contribution in [0.2, 0.25) is 0 Å². The second kappa shape index (κ2) is 3.72. The predicted molar refractivity (Wildman–Crippen MR) is 55.9 cm³/mol. The summed E-state index contributed by atoms with van der Waals surface area (Å²) in [6, 6.07) is 2.08. The van der Waals surface area contributed by atoms with Gasteiger partial charge in [-0.2, -0.15) is 0 Å². The van der Waals surface area contributed by atoms with E-state index in [9.17, 15) is 4.79 Å². The van der Waals surface area contributed by atoms with Gasteiger partial charge in [-0.05, 0) is 24.0 Å². The summed E-state index contributed by atoms with van der Waals surface area (Å²) in [6.45, 7) is 4.14. The number of fused-ring (bicyclic) bond motifs is 1. The van der Waals surface area contributed by atoms with Gasteiger partial charge in [-0.3, -0.25) is 4.79 Å². The number of furan rings is 1. The standard InChI is InChI=1S/C12H16O3/c1-3-9-5-8-4-7(2)10(6-11(13)14)12(8)15-9/h5,7,10H,3-4,6H2,1-2H3,(H,13,14). The Bertz CT molecular complexity index is 378. The largest absolute Gasteiger partial charge is 0.481 e. The first-order chi connectivity index (χ1) is 7.11. The number of carboxylic acids is 1. The summed E-state index contributed by atoms with van der Waals surface area (Å²) in [5.41, 5.74) is 1.21. The van der Waals surface area contributed by atoms with Crippen molar-refractivity contribution in [2.24, 2.45) is 5.92 Å². The van der Waals surface area contributed by atoms with Gasteiger partial charge in [0.2, 0.25) is 0 Å². The minimum Gasteiger partial charge on any atom is -0.481 e. The van der Waals surface area contributed by atoms with Gasteiger partial charge in [0.05, 0.1) is 6.42 Å². The zero-order chi connectivity index (χ0) is 11.0. The molecule has 0 radical (unpaired) electrons. The average molecular weight is 208 g/mol. The highest BCUT2D eigenvalue weighted by atomic mass is 16.4. The summed E-state index contributed by atoms with van der Waals surface area (Å²) >= 11 is 0. The van der Waals surface area contributed by atoms with Gasteiger partial charge >= 0.3 is 5.97 Å². The smallest absolute Gasteiger partial charge is 0.304 e. The fourth-order valence-electron chi connectivity index (χ4n) is 2.38. The molecular formula is C12H16O3. The Morgan fingerprint density at radius 1 is 1.67 bits per heavy atom. The third-order valence-electron chi connectivity index (χ3n) is 3.20. The van der Waals surface area contributed by atoms with Crippen LogP contribution in [0.1, 0.15) is 43.3 Å². The lowest BCUT2D eigenvalue weighted by molar-refractivity contribution is -0.137. The number of rotatable bonds is 3. The van der Waals surface area contributed by atoms with Crippen LogP contribution in [-0.4, -0.2) is 11.1 Å². The molecular weight excluding hydrogens is 192 g/mol. The van der Waals surface area contributed by atoms with Crippen LogP contribution in [-0.2, 0) is 17.6 Å². The Balaban J connectivity index is 2.26.